The van der Waals surface area contributed by atoms with Crippen LogP contribution < -0.4 is 4.90 Å². The predicted molar refractivity (Wildman–Crippen MR) is 52.5 cm³/mol. The van der Waals surface area contributed by atoms with E-state index in [2.05, 4.69) is 9.88 Å². The van der Waals surface area contributed by atoms with Gasteiger partial charge >= 0.3 is 0 Å². The van der Waals surface area contributed by atoms with Crippen molar-refractivity contribution >= 4 is 28.6 Å². The summed E-state index contributed by atoms with van der Waals surface area (Å²) in [5, 5.41) is 1.23. The van der Waals surface area contributed by atoms with Gasteiger partial charge in [0.15, 0.2) is 3.95 Å². The zero-order valence-electron chi connectivity index (χ0n) is 6.58. The number of aromatic amines is 1. The van der Waals surface area contributed by atoms with Gasteiger partial charge in [0, 0.05) is 19.3 Å². The molecule has 12 heavy (non-hydrogen) atoms. The molecule has 0 unspecified atom stereocenters. The van der Waals surface area contributed by atoms with Crippen LogP contribution in [0.25, 0.3) is 0 Å². The average Bonchev–Trinajstić information content (AvgIpc) is 2.54. The lowest BCUT2D eigenvalue weighted by atomic mass is 10.4. The summed E-state index contributed by atoms with van der Waals surface area (Å²) in [7, 11) is 0. The molecule has 0 amide bonds. The van der Waals surface area contributed by atoms with E-state index in [9.17, 15) is 0 Å². The standard InChI is InChI=1S/C7H10N2OS2/c11-7-8-5-6(12-7)9-1-3-10-4-2-9/h5H,1-4H2,(H,8,11). The summed E-state index contributed by atoms with van der Waals surface area (Å²) in [5.41, 5.74) is 0. The maximum atomic E-state index is 5.25. The Kier molecular flexibility index (Phi) is 2.43. The number of hydrogen-bond donors (Lipinski definition) is 1. The van der Waals surface area contributed by atoms with Crippen LogP contribution in [0.4, 0.5) is 5.00 Å². The van der Waals surface area contributed by atoms with Crippen LogP contribution in [0.3, 0.4) is 0 Å². The van der Waals surface area contributed by atoms with E-state index in [4.69, 9.17) is 17.0 Å². The van der Waals surface area contributed by atoms with Crippen molar-refractivity contribution in [2.75, 3.05) is 31.2 Å². The lowest BCUT2D eigenvalue weighted by molar-refractivity contribution is 0.123. The predicted octanol–water partition coefficient (Wildman–Crippen LogP) is 1.64. The highest BCUT2D eigenvalue weighted by Crippen LogP contribution is 2.21. The number of anilines is 1. The van der Waals surface area contributed by atoms with Crippen molar-refractivity contribution in [2.45, 2.75) is 0 Å². The number of rotatable bonds is 1. The largest absolute Gasteiger partial charge is 0.378 e. The zero-order valence-corrected chi connectivity index (χ0v) is 8.21. The van der Waals surface area contributed by atoms with Gasteiger partial charge in [-0.15, -0.1) is 0 Å². The number of H-pyrrole nitrogens is 1. The Labute approximate surface area is 80.0 Å². The number of nitrogens with zero attached hydrogens (tertiary/aromatic N) is 1. The van der Waals surface area contributed by atoms with E-state index >= 15 is 0 Å². The lowest BCUT2D eigenvalue weighted by Gasteiger charge is -2.26. The highest BCUT2D eigenvalue weighted by Gasteiger charge is 2.11. The first-order valence-electron chi connectivity index (χ1n) is 3.87. The van der Waals surface area contributed by atoms with Crippen LogP contribution in [0.2, 0.25) is 0 Å². The fraction of sp³-hybridized carbons (Fsp3) is 0.571. The molecule has 1 saturated heterocycles. The summed E-state index contributed by atoms with van der Waals surface area (Å²) in [6.07, 6.45) is 1.97. The van der Waals surface area contributed by atoms with Gasteiger partial charge in [-0.3, -0.25) is 0 Å². The van der Waals surface area contributed by atoms with Crippen LogP contribution in [0, 0.1) is 3.95 Å². The van der Waals surface area contributed by atoms with E-state index in [1.807, 2.05) is 6.20 Å². The Hall–Kier alpha value is -0.390. The molecule has 0 atom stereocenters. The van der Waals surface area contributed by atoms with Crippen molar-refractivity contribution in [1.82, 2.24) is 4.98 Å². The third-order valence-electron chi connectivity index (χ3n) is 1.83. The summed E-state index contributed by atoms with van der Waals surface area (Å²) in [4.78, 5) is 5.31. The smallest absolute Gasteiger partial charge is 0.160 e. The summed E-state index contributed by atoms with van der Waals surface area (Å²) in [6.45, 7) is 3.60. The molecule has 1 N–H and O–H groups in total. The molecular formula is C7H10N2OS2. The molecule has 0 spiro atoms. The molecule has 0 aromatic carbocycles. The molecule has 1 aliphatic rings. The molecule has 66 valence electrons. The van der Waals surface area contributed by atoms with E-state index in [-0.39, 0.29) is 0 Å². The molecule has 1 aromatic rings. The minimum absolute atomic E-state index is 0.824. The van der Waals surface area contributed by atoms with Gasteiger partial charge in [0.05, 0.1) is 13.2 Å². The summed E-state index contributed by atoms with van der Waals surface area (Å²) in [6, 6.07) is 0. The second-order valence-electron chi connectivity index (χ2n) is 2.62. The number of aromatic nitrogens is 1. The lowest BCUT2D eigenvalue weighted by Crippen LogP contribution is -2.35. The molecule has 0 bridgehead atoms. The molecule has 1 aromatic heterocycles. The van der Waals surface area contributed by atoms with Gasteiger partial charge in [-0.1, -0.05) is 11.3 Å². The molecule has 1 aliphatic heterocycles. The Morgan fingerprint density at radius 3 is 2.83 bits per heavy atom. The van der Waals surface area contributed by atoms with E-state index in [1.165, 1.54) is 5.00 Å². The monoisotopic (exact) mass is 202 g/mol. The molecular weight excluding hydrogens is 192 g/mol. The van der Waals surface area contributed by atoms with Crippen molar-refractivity contribution in [3.8, 4) is 0 Å². The van der Waals surface area contributed by atoms with Crippen molar-refractivity contribution in [2.24, 2.45) is 0 Å². The normalized spacial score (nSPS) is 18.2. The third-order valence-corrected chi connectivity index (χ3v) is 3.09. The first-order valence-corrected chi connectivity index (χ1v) is 5.10. The molecule has 0 aliphatic carbocycles. The SMILES string of the molecule is S=c1[nH]cc(N2CCOCC2)s1. The minimum Gasteiger partial charge on any atom is -0.378 e. The van der Waals surface area contributed by atoms with Gasteiger partial charge in [0.2, 0.25) is 0 Å². The Morgan fingerprint density at radius 2 is 2.25 bits per heavy atom. The first-order chi connectivity index (χ1) is 5.86. The number of morpholine rings is 1. The van der Waals surface area contributed by atoms with Crippen molar-refractivity contribution in [3.05, 3.63) is 10.2 Å². The molecule has 2 rings (SSSR count). The van der Waals surface area contributed by atoms with Crippen LogP contribution in [0.5, 0.6) is 0 Å². The third kappa shape index (κ3) is 1.68. The Balaban J connectivity index is 2.13. The van der Waals surface area contributed by atoms with Gasteiger partial charge in [-0.2, -0.15) is 0 Å². The molecule has 5 heteroatoms. The highest BCUT2D eigenvalue weighted by atomic mass is 32.1. The number of ether oxygens (including phenoxy) is 1. The number of hydrogen-bond acceptors (Lipinski definition) is 4. The van der Waals surface area contributed by atoms with Crippen LogP contribution in [0.15, 0.2) is 6.20 Å². The van der Waals surface area contributed by atoms with Gasteiger partial charge in [0.25, 0.3) is 0 Å². The van der Waals surface area contributed by atoms with E-state index < -0.39 is 0 Å². The Bertz CT molecular complexity index is 300. The molecule has 2 heterocycles. The molecule has 0 saturated carbocycles. The van der Waals surface area contributed by atoms with Crippen LogP contribution in [0.1, 0.15) is 0 Å². The van der Waals surface area contributed by atoms with Gasteiger partial charge in [-0.25, -0.2) is 0 Å². The minimum atomic E-state index is 0.824. The second kappa shape index (κ2) is 3.55. The Morgan fingerprint density at radius 1 is 1.50 bits per heavy atom. The summed E-state index contributed by atoms with van der Waals surface area (Å²) in [5.74, 6) is 0. The molecule has 3 nitrogen and oxygen atoms in total. The van der Waals surface area contributed by atoms with Gasteiger partial charge in [0.1, 0.15) is 5.00 Å². The van der Waals surface area contributed by atoms with Gasteiger partial charge in [-0.05, 0) is 12.2 Å². The van der Waals surface area contributed by atoms with Crippen molar-refractivity contribution in [1.29, 1.82) is 0 Å². The van der Waals surface area contributed by atoms with E-state index in [0.717, 1.165) is 30.3 Å². The topological polar surface area (TPSA) is 28.3 Å². The fourth-order valence-corrected chi connectivity index (χ4v) is 2.27. The van der Waals surface area contributed by atoms with Crippen molar-refractivity contribution in [3.63, 3.8) is 0 Å². The fourth-order valence-electron chi connectivity index (χ4n) is 1.21. The second-order valence-corrected chi connectivity index (χ2v) is 4.31. The summed E-state index contributed by atoms with van der Waals surface area (Å²) < 4.78 is 6.10. The van der Waals surface area contributed by atoms with Crippen LogP contribution in [-0.4, -0.2) is 31.3 Å². The quantitative estimate of drug-likeness (QED) is 0.702. The molecule has 0 radical (unpaired) electrons. The average molecular weight is 202 g/mol. The maximum Gasteiger partial charge on any atom is 0.160 e. The summed E-state index contributed by atoms with van der Waals surface area (Å²) >= 11 is 6.63. The van der Waals surface area contributed by atoms with Gasteiger partial charge < -0.3 is 14.6 Å². The highest BCUT2D eigenvalue weighted by molar-refractivity contribution is 7.73. The maximum absolute atomic E-state index is 5.25. The van der Waals surface area contributed by atoms with Crippen LogP contribution >= 0.6 is 23.6 Å². The van der Waals surface area contributed by atoms with Crippen LogP contribution in [-0.2, 0) is 4.74 Å². The van der Waals surface area contributed by atoms with E-state index in [0.29, 0.717) is 0 Å². The number of nitrogens with one attached hydrogen (secondary N) is 1. The number of thiazole rings is 1. The first kappa shape index (κ1) is 8.22. The zero-order chi connectivity index (χ0) is 8.39. The molecule has 1 fully saturated rings. The van der Waals surface area contributed by atoms with E-state index in [1.54, 1.807) is 11.3 Å². The van der Waals surface area contributed by atoms with Crippen molar-refractivity contribution < 1.29 is 4.74 Å².